The normalized spacial score (nSPS) is 28.4. The SMILES string of the molecule is CNCCCCNC1C2=C(CC2)NCC1F. The van der Waals surface area contributed by atoms with Gasteiger partial charge in [0.2, 0.25) is 0 Å². The highest BCUT2D eigenvalue weighted by Crippen LogP contribution is 2.33. The third-order valence-electron chi connectivity index (χ3n) is 3.50. The second-order valence-electron chi connectivity index (χ2n) is 4.64. The molecule has 2 unspecified atom stereocenters. The number of unbranched alkanes of at least 4 members (excludes halogenated alkanes) is 1. The van der Waals surface area contributed by atoms with Crippen LogP contribution in [0.5, 0.6) is 0 Å². The molecule has 92 valence electrons. The maximum absolute atomic E-state index is 13.7. The molecule has 0 fully saturated rings. The van der Waals surface area contributed by atoms with Crippen LogP contribution >= 0.6 is 0 Å². The first-order valence-corrected chi connectivity index (χ1v) is 6.30. The first kappa shape index (κ1) is 11.9. The molecule has 0 aromatic heterocycles. The summed E-state index contributed by atoms with van der Waals surface area (Å²) >= 11 is 0. The third-order valence-corrected chi connectivity index (χ3v) is 3.50. The number of hydrogen-bond acceptors (Lipinski definition) is 3. The average molecular weight is 227 g/mol. The monoisotopic (exact) mass is 227 g/mol. The maximum Gasteiger partial charge on any atom is 0.136 e. The second-order valence-corrected chi connectivity index (χ2v) is 4.64. The summed E-state index contributed by atoms with van der Waals surface area (Å²) in [7, 11) is 1.96. The van der Waals surface area contributed by atoms with Crippen molar-refractivity contribution in [3.05, 3.63) is 11.3 Å². The summed E-state index contributed by atoms with van der Waals surface area (Å²) in [4.78, 5) is 0. The number of rotatable bonds is 6. The van der Waals surface area contributed by atoms with E-state index in [2.05, 4.69) is 16.0 Å². The summed E-state index contributed by atoms with van der Waals surface area (Å²) in [5.74, 6) is 0. The van der Waals surface area contributed by atoms with Crippen molar-refractivity contribution in [3.8, 4) is 0 Å². The Kier molecular flexibility index (Phi) is 4.18. The maximum atomic E-state index is 13.7. The Morgan fingerprint density at radius 2 is 2.12 bits per heavy atom. The second kappa shape index (κ2) is 5.64. The third kappa shape index (κ3) is 2.55. The van der Waals surface area contributed by atoms with Gasteiger partial charge in [0.1, 0.15) is 6.17 Å². The van der Waals surface area contributed by atoms with Crippen LogP contribution in [-0.4, -0.2) is 38.9 Å². The highest BCUT2D eigenvalue weighted by atomic mass is 19.1. The Hall–Kier alpha value is -0.610. The van der Waals surface area contributed by atoms with Crippen molar-refractivity contribution in [2.75, 3.05) is 26.7 Å². The van der Waals surface area contributed by atoms with Gasteiger partial charge in [-0.25, -0.2) is 4.39 Å². The van der Waals surface area contributed by atoms with E-state index in [1.54, 1.807) is 0 Å². The van der Waals surface area contributed by atoms with Crippen LogP contribution < -0.4 is 16.0 Å². The summed E-state index contributed by atoms with van der Waals surface area (Å²) in [6, 6.07) is -0.0143. The first-order chi connectivity index (χ1) is 7.83. The van der Waals surface area contributed by atoms with Crippen LogP contribution in [0.2, 0.25) is 0 Å². The van der Waals surface area contributed by atoms with Crippen molar-refractivity contribution in [3.63, 3.8) is 0 Å². The minimum atomic E-state index is -0.761. The topological polar surface area (TPSA) is 36.1 Å². The highest BCUT2D eigenvalue weighted by molar-refractivity contribution is 5.32. The van der Waals surface area contributed by atoms with Gasteiger partial charge in [0.05, 0.1) is 6.04 Å². The fourth-order valence-corrected chi connectivity index (χ4v) is 2.43. The lowest BCUT2D eigenvalue weighted by atomic mass is 9.83. The molecular weight excluding hydrogens is 205 g/mol. The summed E-state index contributed by atoms with van der Waals surface area (Å²) in [5.41, 5.74) is 2.58. The number of nitrogens with one attached hydrogen (secondary N) is 3. The highest BCUT2D eigenvalue weighted by Gasteiger charge is 2.34. The first-order valence-electron chi connectivity index (χ1n) is 6.30. The number of halogens is 1. The molecule has 3 nitrogen and oxygen atoms in total. The fraction of sp³-hybridized carbons (Fsp3) is 0.833. The van der Waals surface area contributed by atoms with E-state index in [1.807, 2.05) is 7.05 Å². The Labute approximate surface area is 96.9 Å². The van der Waals surface area contributed by atoms with E-state index in [9.17, 15) is 4.39 Å². The largest absolute Gasteiger partial charge is 0.385 e. The molecule has 0 aromatic carbocycles. The Morgan fingerprint density at radius 3 is 2.81 bits per heavy atom. The van der Waals surface area contributed by atoms with Crippen molar-refractivity contribution >= 4 is 0 Å². The Bertz CT molecular complexity index is 265. The molecule has 2 atom stereocenters. The molecule has 0 radical (unpaired) electrons. The molecule has 16 heavy (non-hydrogen) atoms. The van der Waals surface area contributed by atoms with Crippen LogP contribution in [0.1, 0.15) is 25.7 Å². The van der Waals surface area contributed by atoms with Gasteiger partial charge in [0, 0.05) is 12.2 Å². The van der Waals surface area contributed by atoms with Gasteiger partial charge in [-0.15, -0.1) is 0 Å². The van der Waals surface area contributed by atoms with Crippen LogP contribution in [0.15, 0.2) is 11.3 Å². The molecule has 0 saturated carbocycles. The molecule has 0 aromatic rings. The van der Waals surface area contributed by atoms with E-state index in [-0.39, 0.29) is 6.04 Å². The molecule has 3 N–H and O–H groups in total. The molecule has 0 spiro atoms. The molecular formula is C12H22FN3. The number of allylic oxidation sites excluding steroid dienone is 1. The smallest absolute Gasteiger partial charge is 0.136 e. The molecule has 0 bridgehead atoms. The van der Waals surface area contributed by atoms with Crippen molar-refractivity contribution < 1.29 is 4.39 Å². The molecule has 1 heterocycles. The summed E-state index contributed by atoms with van der Waals surface area (Å²) in [5, 5.41) is 9.65. The van der Waals surface area contributed by atoms with Gasteiger partial charge in [-0.3, -0.25) is 0 Å². The quantitative estimate of drug-likeness (QED) is 0.591. The van der Waals surface area contributed by atoms with E-state index in [4.69, 9.17) is 0 Å². The van der Waals surface area contributed by atoms with Crippen molar-refractivity contribution in [2.24, 2.45) is 0 Å². The van der Waals surface area contributed by atoms with Crippen LogP contribution in [0, 0.1) is 0 Å². The van der Waals surface area contributed by atoms with Crippen LogP contribution in [0.3, 0.4) is 0 Å². The van der Waals surface area contributed by atoms with Gasteiger partial charge in [-0.05, 0) is 51.4 Å². The van der Waals surface area contributed by atoms with E-state index in [0.29, 0.717) is 6.54 Å². The van der Waals surface area contributed by atoms with Gasteiger partial charge in [-0.2, -0.15) is 0 Å². The van der Waals surface area contributed by atoms with Crippen LogP contribution in [0.4, 0.5) is 4.39 Å². The van der Waals surface area contributed by atoms with Crippen LogP contribution in [0.25, 0.3) is 0 Å². The zero-order chi connectivity index (χ0) is 11.4. The number of hydrogen-bond donors (Lipinski definition) is 3. The van der Waals surface area contributed by atoms with Gasteiger partial charge in [0.25, 0.3) is 0 Å². The molecule has 2 rings (SSSR count). The van der Waals surface area contributed by atoms with Gasteiger partial charge < -0.3 is 16.0 Å². The molecule has 1 aliphatic heterocycles. The van der Waals surface area contributed by atoms with Crippen molar-refractivity contribution in [1.82, 2.24) is 16.0 Å². The minimum absolute atomic E-state index is 0.0143. The van der Waals surface area contributed by atoms with Crippen LogP contribution in [-0.2, 0) is 0 Å². The van der Waals surface area contributed by atoms with Gasteiger partial charge in [-0.1, -0.05) is 0 Å². The molecule has 0 saturated heterocycles. The molecule has 1 aliphatic carbocycles. The lowest BCUT2D eigenvalue weighted by Gasteiger charge is -2.38. The fourth-order valence-electron chi connectivity index (χ4n) is 2.43. The minimum Gasteiger partial charge on any atom is -0.385 e. The Balaban J connectivity index is 1.73. The number of alkyl halides is 1. The summed E-state index contributed by atoms with van der Waals surface area (Å²) in [6.45, 7) is 2.44. The summed E-state index contributed by atoms with van der Waals surface area (Å²) in [6.07, 6.45) is 3.68. The van der Waals surface area contributed by atoms with Crippen molar-refractivity contribution in [2.45, 2.75) is 37.9 Å². The van der Waals surface area contributed by atoms with E-state index < -0.39 is 6.17 Å². The zero-order valence-corrected chi connectivity index (χ0v) is 9.98. The van der Waals surface area contributed by atoms with E-state index in [0.717, 1.165) is 38.8 Å². The average Bonchev–Trinajstić information content (AvgIpc) is 2.24. The predicted octanol–water partition coefficient (Wildman–Crippen LogP) is 0.933. The van der Waals surface area contributed by atoms with E-state index in [1.165, 1.54) is 11.3 Å². The standard InChI is InChI=1S/C12H22FN3/c1-14-6-2-3-7-15-12-9-4-5-11(9)16-8-10(12)13/h10,12,14-16H,2-8H2,1H3. The van der Waals surface area contributed by atoms with E-state index >= 15 is 0 Å². The predicted molar refractivity (Wildman–Crippen MR) is 64.1 cm³/mol. The van der Waals surface area contributed by atoms with Gasteiger partial charge >= 0.3 is 0 Å². The Morgan fingerprint density at radius 1 is 1.31 bits per heavy atom. The summed E-state index contributed by atoms with van der Waals surface area (Å²) < 4.78 is 13.7. The molecule has 2 aliphatic rings. The zero-order valence-electron chi connectivity index (χ0n) is 9.98. The van der Waals surface area contributed by atoms with Crippen molar-refractivity contribution in [1.29, 1.82) is 0 Å². The lowest BCUT2D eigenvalue weighted by molar-refractivity contribution is 0.236. The van der Waals surface area contributed by atoms with Gasteiger partial charge in [0.15, 0.2) is 0 Å². The molecule has 4 heteroatoms. The molecule has 0 amide bonds. The lowest BCUT2D eigenvalue weighted by Crippen LogP contribution is -2.51.